The molecule has 0 aliphatic heterocycles. The average molecular weight is 521 g/mol. The van der Waals surface area contributed by atoms with Crippen LogP contribution in [0, 0.1) is 12.7 Å². The Kier molecular flexibility index (Phi) is 6.03. The van der Waals surface area contributed by atoms with Gasteiger partial charge in [0.1, 0.15) is 16.5 Å². The highest BCUT2D eigenvalue weighted by Crippen LogP contribution is 2.36. The van der Waals surface area contributed by atoms with Crippen LogP contribution in [0.15, 0.2) is 52.2 Å². The summed E-state index contributed by atoms with van der Waals surface area (Å²) in [6, 6.07) is 8.88. The topological polar surface area (TPSA) is 135 Å². The van der Waals surface area contributed by atoms with E-state index in [1.165, 1.54) is 44.5 Å². The van der Waals surface area contributed by atoms with Gasteiger partial charge in [-0.1, -0.05) is 23.7 Å². The first-order chi connectivity index (χ1) is 16.5. The van der Waals surface area contributed by atoms with Crippen molar-refractivity contribution in [3.8, 4) is 11.4 Å². The number of ether oxygens (including phenoxy) is 1. The number of anilines is 1. The first kappa shape index (κ1) is 24.2. The molecule has 35 heavy (non-hydrogen) atoms. The molecule has 0 bridgehead atoms. The molecule has 13 heteroatoms. The minimum Gasteiger partial charge on any atom is -0.495 e. The van der Waals surface area contributed by atoms with Crippen molar-refractivity contribution >= 4 is 44.4 Å². The molecule has 4 rings (SSSR count). The molecule has 0 amide bonds. The van der Waals surface area contributed by atoms with Crippen molar-refractivity contribution in [2.24, 2.45) is 0 Å². The number of H-pyrrole nitrogens is 1. The number of hydrogen-bond acceptors (Lipinski definition) is 6. The van der Waals surface area contributed by atoms with Gasteiger partial charge in [0, 0.05) is 13.1 Å². The van der Waals surface area contributed by atoms with Crippen LogP contribution in [0.3, 0.4) is 0 Å². The van der Waals surface area contributed by atoms with Crippen LogP contribution in [0.4, 0.5) is 10.1 Å². The zero-order valence-electron chi connectivity index (χ0n) is 18.5. The van der Waals surface area contributed by atoms with Crippen LogP contribution in [0.25, 0.3) is 16.9 Å². The van der Waals surface area contributed by atoms with Gasteiger partial charge in [0.2, 0.25) is 0 Å². The highest BCUT2D eigenvalue weighted by Gasteiger charge is 2.29. The van der Waals surface area contributed by atoms with Gasteiger partial charge in [-0.15, -0.1) is 0 Å². The molecular formula is C22H18ClFN4O6S. The van der Waals surface area contributed by atoms with Crippen molar-refractivity contribution in [3.05, 3.63) is 75.0 Å². The molecule has 0 spiro atoms. The Hall–Kier alpha value is -3.90. The summed E-state index contributed by atoms with van der Waals surface area (Å²) in [6.45, 7) is 1.59. The second-order valence-corrected chi connectivity index (χ2v) is 9.82. The normalized spacial score (nSPS) is 11.6. The Morgan fingerprint density at radius 2 is 1.94 bits per heavy atom. The molecule has 0 saturated carbocycles. The number of methoxy groups -OCH3 is 1. The van der Waals surface area contributed by atoms with Gasteiger partial charge in [-0.05, 0) is 36.8 Å². The number of carbonyl (C=O) groups is 1. The van der Waals surface area contributed by atoms with Crippen molar-refractivity contribution < 1.29 is 27.4 Å². The Labute approximate surface area is 203 Å². The second-order valence-electron chi connectivity index (χ2n) is 7.47. The second kappa shape index (κ2) is 8.71. The highest BCUT2D eigenvalue weighted by molar-refractivity contribution is 7.93. The number of aryl methyl sites for hydroxylation is 1. The van der Waals surface area contributed by atoms with Crippen LogP contribution in [-0.2, 0) is 10.0 Å². The van der Waals surface area contributed by atoms with Gasteiger partial charge in [-0.3, -0.25) is 4.31 Å². The van der Waals surface area contributed by atoms with Crippen LogP contribution < -0.4 is 14.7 Å². The number of hydrogen-bond donors (Lipinski definition) is 2. The fraction of sp³-hybridized carbons (Fsp3) is 0.136. The number of nitrogens with one attached hydrogen (secondary N) is 1. The number of carboxylic acids is 1. The minimum absolute atomic E-state index is 0.0646. The van der Waals surface area contributed by atoms with Crippen LogP contribution in [0.1, 0.15) is 16.1 Å². The number of aromatic amines is 1. The zero-order valence-corrected chi connectivity index (χ0v) is 20.1. The molecule has 0 saturated heterocycles. The summed E-state index contributed by atoms with van der Waals surface area (Å²) in [5.74, 6) is -2.23. The van der Waals surface area contributed by atoms with E-state index in [1.54, 1.807) is 6.92 Å². The molecule has 0 fully saturated rings. The van der Waals surface area contributed by atoms with Crippen molar-refractivity contribution in [1.82, 2.24) is 14.5 Å². The number of benzene rings is 2. The third kappa shape index (κ3) is 4.00. The van der Waals surface area contributed by atoms with Crippen LogP contribution >= 0.6 is 11.6 Å². The smallest absolute Gasteiger partial charge is 0.354 e. The Balaban J connectivity index is 2.00. The fourth-order valence-electron chi connectivity index (χ4n) is 3.61. The lowest BCUT2D eigenvalue weighted by atomic mass is 10.2. The van der Waals surface area contributed by atoms with Gasteiger partial charge in [-0.2, -0.15) is 0 Å². The summed E-state index contributed by atoms with van der Waals surface area (Å²) in [6.07, 6.45) is 0. The average Bonchev–Trinajstić information content (AvgIpc) is 3.14. The lowest BCUT2D eigenvalue weighted by molar-refractivity contribution is 0.0690. The first-order valence-electron chi connectivity index (χ1n) is 9.94. The number of aromatic nitrogens is 3. The minimum atomic E-state index is -4.41. The number of sulfonamides is 1. The first-order valence-corrected chi connectivity index (χ1v) is 11.8. The number of fused-ring (bicyclic) bond motifs is 1. The predicted octanol–water partition coefficient (Wildman–Crippen LogP) is 3.35. The van der Waals surface area contributed by atoms with E-state index >= 15 is 0 Å². The van der Waals surface area contributed by atoms with Gasteiger partial charge < -0.3 is 14.8 Å². The van der Waals surface area contributed by atoms with E-state index in [0.29, 0.717) is 5.56 Å². The van der Waals surface area contributed by atoms with Crippen LogP contribution in [0.2, 0.25) is 5.02 Å². The molecule has 2 N–H and O–H groups in total. The van der Waals surface area contributed by atoms with E-state index in [4.69, 9.17) is 16.3 Å². The van der Waals surface area contributed by atoms with Crippen LogP contribution in [0.5, 0.6) is 5.75 Å². The van der Waals surface area contributed by atoms with E-state index in [1.807, 2.05) is 0 Å². The number of aromatic carboxylic acids is 1. The lowest BCUT2D eigenvalue weighted by Gasteiger charge is -2.22. The van der Waals surface area contributed by atoms with Crippen molar-refractivity contribution in [3.63, 3.8) is 0 Å². The zero-order chi connectivity index (χ0) is 25.7. The number of pyridine rings is 1. The standard InChI is InChI=1S/C22H18ClFN4O6S/c1-11-8-14(21(29)30)25-20-19(11)26-22(31)28(20)16-10-18(17(34-3)9-12(16)23)35(32,33)27(2)15-7-5-4-6-13(15)24/h4-10H,1-3H3,(H,26,31)(H,29,30). The van der Waals surface area contributed by atoms with E-state index in [-0.39, 0.29) is 39.0 Å². The van der Waals surface area contributed by atoms with Crippen molar-refractivity contribution in [2.75, 3.05) is 18.5 Å². The van der Waals surface area contributed by atoms with E-state index in [2.05, 4.69) is 9.97 Å². The van der Waals surface area contributed by atoms with Gasteiger partial charge in [0.05, 0.1) is 29.0 Å². The Bertz CT molecular complexity index is 1660. The summed E-state index contributed by atoms with van der Waals surface area (Å²) >= 11 is 6.39. The maximum atomic E-state index is 14.3. The Morgan fingerprint density at radius 3 is 2.57 bits per heavy atom. The maximum absolute atomic E-state index is 14.3. The number of imidazole rings is 1. The van der Waals surface area contributed by atoms with Gasteiger partial charge >= 0.3 is 11.7 Å². The van der Waals surface area contributed by atoms with Gasteiger partial charge in [0.25, 0.3) is 10.0 Å². The molecule has 2 aromatic carbocycles. The van der Waals surface area contributed by atoms with E-state index < -0.39 is 32.4 Å². The quantitative estimate of drug-likeness (QED) is 0.398. The monoisotopic (exact) mass is 520 g/mol. The van der Waals surface area contributed by atoms with Gasteiger partial charge in [-0.25, -0.2) is 31.9 Å². The summed E-state index contributed by atoms with van der Waals surface area (Å²) in [5.41, 5.74) is -0.738. The van der Waals surface area contributed by atoms with Gasteiger partial charge in [0.15, 0.2) is 11.3 Å². The third-order valence-electron chi connectivity index (χ3n) is 5.37. The molecule has 0 aliphatic rings. The third-order valence-corrected chi connectivity index (χ3v) is 7.46. The summed E-state index contributed by atoms with van der Waals surface area (Å²) in [5, 5.41) is 9.31. The predicted molar refractivity (Wildman–Crippen MR) is 127 cm³/mol. The number of halogens is 2. The SMILES string of the molecule is COc1cc(Cl)c(-n2c(=O)[nH]c3c(C)cc(C(=O)O)nc32)cc1S(=O)(=O)N(C)c1ccccc1F. The summed E-state index contributed by atoms with van der Waals surface area (Å²) < 4.78 is 48.2. The molecule has 2 aromatic heterocycles. The molecule has 182 valence electrons. The molecule has 0 unspecified atom stereocenters. The maximum Gasteiger partial charge on any atom is 0.354 e. The lowest BCUT2D eigenvalue weighted by Crippen LogP contribution is -2.28. The molecule has 0 radical (unpaired) electrons. The van der Waals surface area contributed by atoms with Crippen molar-refractivity contribution in [1.29, 1.82) is 0 Å². The molecular weight excluding hydrogens is 503 g/mol. The largest absolute Gasteiger partial charge is 0.495 e. The number of nitrogens with zero attached hydrogens (tertiary/aromatic N) is 3. The number of carboxylic acid groups (broad SMARTS) is 1. The molecule has 0 aliphatic carbocycles. The number of rotatable bonds is 6. The van der Waals surface area contributed by atoms with Crippen molar-refractivity contribution in [2.45, 2.75) is 11.8 Å². The van der Waals surface area contributed by atoms with Crippen LogP contribution in [-0.4, -0.2) is 48.2 Å². The summed E-state index contributed by atoms with van der Waals surface area (Å²) in [4.78, 5) is 30.6. The van der Waals surface area contributed by atoms with E-state index in [9.17, 15) is 27.5 Å². The molecule has 0 atom stereocenters. The Morgan fingerprint density at radius 1 is 1.26 bits per heavy atom. The fourth-order valence-corrected chi connectivity index (χ4v) is 5.20. The number of para-hydroxylation sites is 1. The highest BCUT2D eigenvalue weighted by atomic mass is 35.5. The van der Waals surface area contributed by atoms with E-state index in [0.717, 1.165) is 21.0 Å². The summed E-state index contributed by atoms with van der Waals surface area (Å²) in [7, 11) is -2.01. The molecule has 4 aromatic rings. The molecule has 2 heterocycles. The molecule has 10 nitrogen and oxygen atoms in total.